The molecule has 2 heterocycles. The standard InChI is InChI=1S/C19H21N5O/c1-5-10-23-14(3)11-17(15(23)4)18(25)12-24-21-19(20-22-24)16-9-7-6-8-13(16)2/h5-9,11H,1,10,12H2,2-4H3. The highest BCUT2D eigenvalue weighted by Crippen LogP contribution is 2.19. The molecule has 0 radical (unpaired) electrons. The van der Waals surface area contributed by atoms with Crippen LogP contribution in [-0.2, 0) is 13.1 Å². The van der Waals surface area contributed by atoms with E-state index in [0.29, 0.717) is 17.9 Å². The number of carbonyl (C=O) groups excluding carboxylic acids is 1. The Bertz CT molecular complexity index is 935. The maximum absolute atomic E-state index is 12.6. The average Bonchev–Trinajstić information content (AvgIpc) is 3.15. The number of aryl methyl sites for hydroxylation is 2. The van der Waals surface area contributed by atoms with Crippen LogP contribution in [0.25, 0.3) is 11.4 Å². The quantitative estimate of drug-likeness (QED) is 0.513. The van der Waals surface area contributed by atoms with Gasteiger partial charge in [0, 0.05) is 29.1 Å². The molecule has 0 atom stereocenters. The van der Waals surface area contributed by atoms with E-state index >= 15 is 0 Å². The number of allylic oxidation sites excluding steroid dienone is 1. The van der Waals surface area contributed by atoms with Gasteiger partial charge in [-0.2, -0.15) is 4.80 Å². The van der Waals surface area contributed by atoms with E-state index in [1.807, 2.05) is 57.2 Å². The molecule has 0 amide bonds. The molecule has 3 aromatic rings. The summed E-state index contributed by atoms with van der Waals surface area (Å²) in [7, 11) is 0. The second-order valence-electron chi connectivity index (χ2n) is 6.07. The maximum atomic E-state index is 12.6. The van der Waals surface area contributed by atoms with Gasteiger partial charge in [-0.15, -0.1) is 16.8 Å². The van der Waals surface area contributed by atoms with Gasteiger partial charge in [0.25, 0.3) is 0 Å². The summed E-state index contributed by atoms with van der Waals surface area (Å²) >= 11 is 0. The van der Waals surface area contributed by atoms with Gasteiger partial charge in [-0.05, 0) is 37.6 Å². The van der Waals surface area contributed by atoms with Gasteiger partial charge in [0.2, 0.25) is 5.82 Å². The zero-order chi connectivity index (χ0) is 18.0. The summed E-state index contributed by atoms with van der Waals surface area (Å²) in [4.78, 5) is 14.0. The lowest BCUT2D eigenvalue weighted by Gasteiger charge is -2.06. The Kier molecular flexibility index (Phi) is 4.61. The van der Waals surface area contributed by atoms with Crippen LogP contribution >= 0.6 is 0 Å². The first-order valence-electron chi connectivity index (χ1n) is 8.16. The van der Waals surface area contributed by atoms with Crippen molar-refractivity contribution in [2.45, 2.75) is 33.9 Å². The van der Waals surface area contributed by atoms with Crippen molar-refractivity contribution in [3.05, 3.63) is 65.5 Å². The van der Waals surface area contributed by atoms with Crippen LogP contribution < -0.4 is 0 Å². The van der Waals surface area contributed by atoms with E-state index in [1.54, 1.807) is 0 Å². The number of hydrogen-bond acceptors (Lipinski definition) is 4. The summed E-state index contributed by atoms with van der Waals surface area (Å²) in [5.41, 5.74) is 4.65. The third-order valence-electron chi connectivity index (χ3n) is 4.31. The molecule has 0 aliphatic carbocycles. The van der Waals surface area contributed by atoms with Crippen LogP contribution in [0.5, 0.6) is 0 Å². The topological polar surface area (TPSA) is 65.6 Å². The minimum Gasteiger partial charge on any atom is -0.345 e. The first-order valence-corrected chi connectivity index (χ1v) is 8.16. The summed E-state index contributed by atoms with van der Waals surface area (Å²) < 4.78 is 2.06. The van der Waals surface area contributed by atoms with Gasteiger partial charge in [-0.1, -0.05) is 30.3 Å². The molecule has 25 heavy (non-hydrogen) atoms. The molecule has 6 heteroatoms. The molecule has 3 rings (SSSR count). The maximum Gasteiger partial charge on any atom is 0.205 e. The van der Waals surface area contributed by atoms with E-state index in [-0.39, 0.29) is 12.3 Å². The van der Waals surface area contributed by atoms with Gasteiger partial charge >= 0.3 is 0 Å². The third-order valence-corrected chi connectivity index (χ3v) is 4.31. The number of hydrogen-bond donors (Lipinski definition) is 0. The Morgan fingerprint density at radius 1 is 1.24 bits per heavy atom. The highest BCUT2D eigenvalue weighted by Gasteiger charge is 2.17. The third kappa shape index (κ3) is 3.28. The van der Waals surface area contributed by atoms with Gasteiger partial charge in [0.05, 0.1) is 0 Å². The highest BCUT2D eigenvalue weighted by molar-refractivity contribution is 5.97. The second kappa shape index (κ2) is 6.84. The molecule has 6 nitrogen and oxygen atoms in total. The van der Waals surface area contributed by atoms with Crippen molar-refractivity contribution in [3.63, 3.8) is 0 Å². The summed E-state index contributed by atoms with van der Waals surface area (Å²) in [6.45, 7) is 10.4. The van der Waals surface area contributed by atoms with E-state index in [2.05, 4.69) is 26.6 Å². The minimum absolute atomic E-state index is 0.0304. The lowest BCUT2D eigenvalue weighted by molar-refractivity contribution is 0.0960. The SMILES string of the molecule is C=CCn1c(C)cc(C(=O)Cn2nnc(-c3ccccc3C)n2)c1C. The Hall–Kier alpha value is -3.02. The van der Waals surface area contributed by atoms with Gasteiger partial charge in [-0.3, -0.25) is 4.79 Å². The van der Waals surface area contributed by atoms with Crippen molar-refractivity contribution < 1.29 is 4.79 Å². The Morgan fingerprint density at radius 2 is 2.00 bits per heavy atom. The molecule has 0 saturated heterocycles. The largest absolute Gasteiger partial charge is 0.345 e. The van der Waals surface area contributed by atoms with Crippen molar-refractivity contribution in [1.29, 1.82) is 0 Å². The van der Waals surface area contributed by atoms with E-state index in [4.69, 9.17) is 0 Å². The fraction of sp³-hybridized carbons (Fsp3) is 0.263. The van der Waals surface area contributed by atoms with Crippen molar-refractivity contribution in [2.24, 2.45) is 0 Å². The Morgan fingerprint density at radius 3 is 2.72 bits per heavy atom. The van der Waals surface area contributed by atoms with Crippen LogP contribution in [0.15, 0.2) is 43.0 Å². The van der Waals surface area contributed by atoms with Crippen LogP contribution in [0.4, 0.5) is 0 Å². The number of Topliss-reactive ketones (excluding diaryl/α,β-unsaturated/α-hetero) is 1. The first-order chi connectivity index (χ1) is 12.0. The smallest absolute Gasteiger partial charge is 0.205 e. The molecule has 0 fully saturated rings. The monoisotopic (exact) mass is 335 g/mol. The molecule has 0 bridgehead atoms. The van der Waals surface area contributed by atoms with Gasteiger partial charge in [-0.25, -0.2) is 0 Å². The summed E-state index contributed by atoms with van der Waals surface area (Å²) in [6.07, 6.45) is 1.82. The average molecular weight is 335 g/mol. The van der Waals surface area contributed by atoms with Crippen molar-refractivity contribution in [1.82, 2.24) is 24.8 Å². The van der Waals surface area contributed by atoms with E-state index in [9.17, 15) is 4.79 Å². The molecule has 0 aliphatic heterocycles. The zero-order valence-corrected chi connectivity index (χ0v) is 14.7. The number of tetrazole rings is 1. The van der Waals surface area contributed by atoms with E-state index in [0.717, 1.165) is 22.5 Å². The van der Waals surface area contributed by atoms with Crippen molar-refractivity contribution >= 4 is 5.78 Å². The number of aromatic nitrogens is 5. The van der Waals surface area contributed by atoms with E-state index < -0.39 is 0 Å². The Labute approximate surface area is 146 Å². The predicted octanol–water partition coefficient (Wildman–Crippen LogP) is 3.14. The molecule has 2 aromatic heterocycles. The number of carbonyl (C=O) groups is 1. The molecule has 0 aliphatic rings. The fourth-order valence-electron chi connectivity index (χ4n) is 2.95. The lowest BCUT2D eigenvalue weighted by atomic mass is 10.1. The molecule has 128 valence electrons. The summed E-state index contributed by atoms with van der Waals surface area (Å²) in [6, 6.07) is 9.74. The molecule has 1 aromatic carbocycles. The van der Waals surface area contributed by atoms with Crippen molar-refractivity contribution in [2.75, 3.05) is 0 Å². The second-order valence-corrected chi connectivity index (χ2v) is 6.07. The van der Waals surface area contributed by atoms with Crippen LogP contribution in [0.1, 0.15) is 27.3 Å². The number of benzene rings is 1. The first kappa shape index (κ1) is 16.8. The van der Waals surface area contributed by atoms with E-state index in [1.165, 1.54) is 4.80 Å². The van der Waals surface area contributed by atoms with Crippen LogP contribution in [0, 0.1) is 20.8 Å². The summed E-state index contributed by atoms with van der Waals surface area (Å²) in [5.74, 6) is 0.500. The minimum atomic E-state index is -0.0304. The predicted molar refractivity (Wildman–Crippen MR) is 96.4 cm³/mol. The molecule has 0 unspecified atom stereocenters. The molecule has 0 spiro atoms. The van der Waals surface area contributed by atoms with Crippen LogP contribution in [-0.4, -0.2) is 30.6 Å². The van der Waals surface area contributed by atoms with Gasteiger partial charge in [0.15, 0.2) is 5.78 Å². The molecular formula is C19H21N5O. The molecule has 0 N–H and O–H groups in total. The van der Waals surface area contributed by atoms with Crippen molar-refractivity contribution in [3.8, 4) is 11.4 Å². The Balaban J connectivity index is 1.82. The van der Waals surface area contributed by atoms with Crippen LogP contribution in [0.3, 0.4) is 0 Å². The molecule has 0 saturated carbocycles. The highest BCUT2D eigenvalue weighted by atomic mass is 16.1. The number of nitrogens with zero attached hydrogens (tertiary/aromatic N) is 5. The number of rotatable bonds is 6. The zero-order valence-electron chi connectivity index (χ0n) is 14.7. The van der Waals surface area contributed by atoms with Gasteiger partial charge < -0.3 is 4.57 Å². The molecular weight excluding hydrogens is 314 g/mol. The fourth-order valence-corrected chi connectivity index (χ4v) is 2.95. The number of ketones is 1. The normalized spacial score (nSPS) is 10.8. The summed E-state index contributed by atoms with van der Waals surface area (Å²) in [5, 5.41) is 12.5. The van der Waals surface area contributed by atoms with Crippen LogP contribution in [0.2, 0.25) is 0 Å². The lowest BCUT2D eigenvalue weighted by Crippen LogP contribution is -2.14. The van der Waals surface area contributed by atoms with Gasteiger partial charge in [0.1, 0.15) is 6.54 Å².